The minimum absolute atomic E-state index is 0.0670. The molecular formula is C13H16NO+. The van der Waals surface area contributed by atoms with E-state index in [1.165, 1.54) is 11.4 Å². The Bertz CT molecular complexity index is 417. The smallest absolute Gasteiger partial charge is 0.299 e. The van der Waals surface area contributed by atoms with Gasteiger partial charge in [0.25, 0.3) is 6.23 Å². The molecule has 2 nitrogen and oxygen atoms in total. The third-order valence-corrected chi connectivity index (χ3v) is 2.55. The van der Waals surface area contributed by atoms with Crippen LogP contribution >= 0.6 is 0 Å². The lowest BCUT2D eigenvalue weighted by atomic mass is 10.2. The molecule has 2 heteroatoms. The van der Waals surface area contributed by atoms with E-state index in [9.17, 15) is 0 Å². The molecule has 0 N–H and O–H groups in total. The summed E-state index contributed by atoms with van der Waals surface area (Å²) in [6.07, 6.45) is 2.13. The van der Waals surface area contributed by atoms with Gasteiger partial charge in [-0.15, -0.1) is 0 Å². The van der Waals surface area contributed by atoms with Gasteiger partial charge in [0.15, 0.2) is 5.71 Å². The number of ether oxygens (including phenoxy) is 1. The molecule has 0 saturated heterocycles. The van der Waals surface area contributed by atoms with Crippen molar-refractivity contribution < 1.29 is 9.31 Å². The summed E-state index contributed by atoms with van der Waals surface area (Å²) in [7, 11) is 0. The van der Waals surface area contributed by atoms with Gasteiger partial charge in [-0.1, -0.05) is 18.2 Å². The quantitative estimate of drug-likeness (QED) is 0.637. The van der Waals surface area contributed by atoms with Crippen molar-refractivity contribution in [3.8, 4) is 0 Å². The molecule has 78 valence electrons. The summed E-state index contributed by atoms with van der Waals surface area (Å²) < 4.78 is 7.88. The number of benzene rings is 1. The third-order valence-electron chi connectivity index (χ3n) is 2.55. The van der Waals surface area contributed by atoms with E-state index < -0.39 is 0 Å². The summed E-state index contributed by atoms with van der Waals surface area (Å²) in [4.78, 5) is 0. The van der Waals surface area contributed by atoms with Crippen molar-refractivity contribution in [2.24, 2.45) is 0 Å². The lowest BCUT2D eigenvalue weighted by molar-refractivity contribution is -0.536. The largest absolute Gasteiger partial charge is 0.438 e. The number of rotatable bonds is 1. The molecule has 1 aromatic rings. The van der Waals surface area contributed by atoms with E-state index in [1.807, 2.05) is 25.1 Å². The third kappa shape index (κ3) is 1.94. The highest BCUT2D eigenvalue weighted by molar-refractivity contribution is 5.90. The Hall–Kier alpha value is -1.57. The highest BCUT2D eigenvalue weighted by Gasteiger charge is 2.25. The van der Waals surface area contributed by atoms with Crippen molar-refractivity contribution in [2.45, 2.75) is 27.0 Å². The van der Waals surface area contributed by atoms with Crippen molar-refractivity contribution in [2.75, 3.05) is 0 Å². The number of allylic oxidation sites excluding steroid dienone is 2. The molecule has 1 aliphatic heterocycles. The Morgan fingerprint density at radius 1 is 1.13 bits per heavy atom. The lowest BCUT2D eigenvalue weighted by Gasteiger charge is -2.19. The lowest BCUT2D eigenvalue weighted by Crippen LogP contribution is -2.29. The average Bonchev–Trinajstić information content (AvgIpc) is 2.17. The molecule has 1 aromatic carbocycles. The van der Waals surface area contributed by atoms with Crippen LogP contribution in [0.2, 0.25) is 0 Å². The summed E-state index contributed by atoms with van der Waals surface area (Å²) in [6, 6.07) is 10.3. The molecule has 0 bridgehead atoms. The normalized spacial score (nSPS) is 21.0. The fourth-order valence-corrected chi connectivity index (χ4v) is 2.01. The van der Waals surface area contributed by atoms with E-state index >= 15 is 0 Å². The highest BCUT2D eigenvalue weighted by Crippen LogP contribution is 2.20. The van der Waals surface area contributed by atoms with E-state index in [2.05, 4.69) is 36.6 Å². The zero-order valence-electron chi connectivity index (χ0n) is 9.40. The van der Waals surface area contributed by atoms with Gasteiger partial charge in [0.2, 0.25) is 5.69 Å². The maximum absolute atomic E-state index is 5.69. The van der Waals surface area contributed by atoms with Crippen LogP contribution in [0, 0.1) is 0 Å². The summed E-state index contributed by atoms with van der Waals surface area (Å²) in [5.41, 5.74) is 2.39. The predicted octanol–water partition coefficient (Wildman–Crippen LogP) is 3.07. The number of hydrogen-bond donors (Lipinski definition) is 0. The molecule has 15 heavy (non-hydrogen) atoms. The topological polar surface area (TPSA) is 12.2 Å². The standard InChI is InChI=1S/C13H16NO/c1-10-9-11(2)15-12(3)14(10)13-7-5-4-6-8-13/h4-9,12H,1-3H3/q+1. The average molecular weight is 202 g/mol. The Kier molecular flexibility index (Phi) is 2.58. The first-order chi connectivity index (χ1) is 7.18. The van der Waals surface area contributed by atoms with E-state index in [-0.39, 0.29) is 6.23 Å². The maximum atomic E-state index is 5.69. The minimum Gasteiger partial charge on any atom is -0.438 e. The summed E-state index contributed by atoms with van der Waals surface area (Å²) in [6.45, 7) is 6.16. The molecule has 1 aliphatic rings. The van der Waals surface area contributed by atoms with Crippen LogP contribution in [-0.2, 0) is 4.74 Å². The Balaban J connectivity index is 2.48. The van der Waals surface area contributed by atoms with Gasteiger partial charge < -0.3 is 4.74 Å². The predicted molar refractivity (Wildman–Crippen MR) is 61.3 cm³/mol. The van der Waals surface area contributed by atoms with Gasteiger partial charge in [-0.3, -0.25) is 0 Å². The highest BCUT2D eigenvalue weighted by atomic mass is 16.5. The Morgan fingerprint density at radius 2 is 1.80 bits per heavy atom. The minimum atomic E-state index is 0.0670. The van der Waals surface area contributed by atoms with E-state index in [0.717, 1.165) is 5.76 Å². The fourth-order valence-electron chi connectivity index (χ4n) is 2.01. The second-order valence-corrected chi connectivity index (χ2v) is 3.82. The zero-order valence-corrected chi connectivity index (χ0v) is 9.40. The van der Waals surface area contributed by atoms with E-state index in [1.54, 1.807) is 0 Å². The SMILES string of the molecule is CC1=CC(C)=[N+](c2ccccc2)C(C)O1. The molecule has 2 rings (SSSR count). The van der Waals surface area contributed by atoms with Crippen LogP contribution in [0.1, 0.15) is 20.8 Å². The van der Waals surface area contributed by atoms with Crippen molar-refractivity contribution in [3.63, 3.8) is 0 Å². The van der Waals surface area contributed by atoms with Gasteiger partial charge in [0.05, 0.1) is 0 Å². The van der Waals surface area contributed by atoms with Crippen molar-refractivity contribution in [1.29, 1.82) is 0 Å². The van der Waals surface area contributed by atoms with Crippen LogP contribution in [0.15, 0.2) is 42.2 Å². The number of hydrogen-bond acceptors (Lipinski definition) is 1. The molecule has 0 amide bonds. The summed E-state index contributed by atoms with van der Waals surface area (Å²) >= 11 is 0. The van der Waals surface area contributed by atoms with Crippen molar-refractivity contribution >= 4 is 11.4 Å². The van der Waals surface area contributed by atoms with E-state index in [0.29, 0.717) is 0 Å². The number of para-hydroxylation sites is 1. The van der Waals surface area contributed by atoms with Crippen LogP contribution in [-0.4, -0.2) is 16.5 Å². The monoisotopic (exact) mass is 202 g/mol. The second kappa shape index (κ2) is 3.89. The maximum Gasteiger partial charge on any atom is 0.299 e. The molecule has 0 fully saturated rings. The first kappa shape index (κ1) is 9.97. The molecule has 1 heterocycles. The molecular weight excluding hydrogens is 186 g/mol. The van der Waals surface area contributed by atoms with Gasteiger partial charge in [-0.05, 0) is 6.92 Å². The first-order valence-electron chi connectivity index (χ1n) is 5.21. The molecule has 1 unspecified atom stereocenters. The van der Waals surface area contributed by atoms with Crippen LogP contribution in [0.5, 0.6) is 0 Å². The molecule has 0 aromatic heterocycles. The van der Waals surface area contributed by atoms with Gasteiger partial charge in [-0.2, -0.15) is 4.58 Å². The Labute approximate surface area is 90.5 Å². The van der Waals surface area contributed by atoms with Gasteiger partial charge in [0, 0.05) is 32.1 Å². The molecule has 0 aliphatic carbocycles. The van der Waals surface area contributed by atoms with Crippen LogP contribution < -0.4 is 0 Å². The van der Waals surface area contributed by atoms with Gasteiger partial charge >= 0.3 is 0 Å². The van der Waals surface area contributed by atoms with Gasteiger partial charge in [0.1, 0.15) is 5.76 Å². The zero-order chi connectivity index (χ0) is 10.8. The summed E-state index contributed by atoms with van der Waals surface area (Å²) in [5, 5.41) is 0. The molecule has 0 spiro atoms. The molecule has 0 radical (unpaired) electrons. The van der Waals surface area contributed by atoms with Crippen LogP contribution in [0.25, 0.3) is 0 Å². The van der Waals surface area contributed by atoms with Crippen LogP contribution in [0.3, 0.4) is 0 Å². The number of nitrogens with zero attached hydrogens (tertiary/aromatic N) is 1. The summed E-state index contributed by atoms with van der Waals surface area (Å²) in [5.74, 6) is 0.979. The van der Waals surface area contributed by atoms with Gasteiger partial charge in [-0.25, -0.2) is 0 Å². The molecule has 1 atom stereocenters. The first-order valence-corrected chi connectivity index (χ1v) is 5.21. The van der Waals surface area contributed by atoms with Crippen molar-refractivity contribution in [3.05, 3.63) is 42.2 Å². The second-order valence-electron chi connectivity index (χ2n) is 3.82. The fraction of sp³-hybridized carbons (Fsp3) is 0.308. The van der Waals surface area contributed by atoms with Crippen molar-refractivity contribution in [1.82, 2.24) is 0 Å². The Morgan fingerprint density at radius 3 is 2.40 bits per heavy atom. The molecule has 0 saturated carbocycles. The van der Waals surface area contributed by atoms with Crippen LogP contribution in [0.4, 0.5) is 5.69 Å². The van der Waals surface area contributed by atoms with E-state index in [4.69, 9.17) is 4.74 Å².